The monoisotopic (exact) mass is 292 g/mol. The van der Waals surface area contributed by atoms with Gasteiger partial charge in [0.2, 0.25) is 0 Å². The van der Waals surface area contributed by atoms with Crippen LogP contribution in [0, 0.1) is 11.8 Å². The van der Waals surface area contributed by atoms with E-state index in [0.717, 1.165) is 35.8 Å². The number of aliphatic hydroxyl groups is 1. The Kier molecular flexibility index (Phi) is 5.18. The quantitative estimate of drug-likeness (QED) is 0.835. The topological polar surface area (TPSA) is 43.8 Å². The fourth-order valence-electron chi connectivity index (χ4n) is 2.37. The molecule has 1 unspecified atom stereocenters. The third kappa shape index (κ3) is 3.40. The molecule has 2 rings (SSSR count). The summed E-state index contributed by atoms with van der Waals surface area (Å²) in [4.78, 5) is 18.3. The Morgan fingerprint density at radius 2 is 2.30 bits per heavy atom. The van der Waals surface area contributed by atoms with Crippen LogP contribution in [-0.2, 0) is 0 Å². The van der Waals surface area contributed by atoms with Crippen LogP contribution < -0.4 is 0 Å². The van der Waals surface area contributed by atoms with Gasteiger partial charge in [0, 0.05) is 25.7 Å². The van der Waals surface area contributed by atoms with E-state index in [1.807, 2.05) is 17.0 Å². The number of thiophene rings is 1. The predicted octanol–water partition coefficient (Wildman–Crippen LogP) is 1.26. The molecular weight excluding hydrogens is 272 g/mol. The van der Waals surface area contributed by atoms with E-state index in [9.17, 15) is 4.79 Å². The van der Waals surface area contributed by atoms with Gasteiger partial charge in [-0.15, -0.1) is 11.3 Å². The van der Waals surface area contributed by atoms with Crippen LogP contribution in [0.3, 0.4) is 0 Å². The number of carbonyl (C=O) groups is 1. The zero-order valence-corrected chi connectivity index (χ0v) is 12.7. The molecule has 1 aromatic rings. The fourth-order valence-corrected chi connectivity index (χ4v) is 3.22. The minimum atomic E-state index is -0.155. The molecule has 1 amide bonds. The van der Waals surface area contributed by atoms with E-state index in [4.69, 9.17) is 5.11 Å². The largest absolute Gasteiger partial charge is 0.384 e. The van der Waals surface area contributed by atoms with Crippen molar-refractivity contribution in [1.29, 1.82) is 0 Å². The Bertz CT molecular complexity index is 529. The summed E-state index contributed by atoms with van der Waals surface area (Å²) in [7, 11) is 2.11. The number of hydrogen-bond acceptors (Lipinski definition) is 4. The molecule has 2 heterocycles. The molecule has 20 heavy (non-hydrogen) atoms. The Hall–Kier alpha value is -1.35. The van der Waals surface area contributed by atoms with Crippen LogP contribution >= 0.6 is 11.3 Å². The highest BCUT2D eigenvalue weighted by atomic mass is 32.1. The van der Waals surface area contributed by atoms with Gasteiger partial charge in [0.25, 0.3) is 5.91 Å². The Morgan fingerprint density at radius 1 is 1.50 bits per heavy atom. The highest BCUT2D eigenvalue weighted by Gasteiger charge is 2.27. The normalized spacial score (nSPS) is 19.6. The average molecular weight is 292 g/mol. The van der Waals surface area contributed by atoms with Gasteiger partial charge in [-0.25, -0.2) is 0 Å². The van der Waals surface area contributed by atoms with Crippen molar-refractivity contribution in [1.82, 2.24) is 9.80 Å². The molecule has 0 aromatic carbocycles. The van der Waals surface area contributed by atoms with E-state index in [1.54, 1.807) is 0 Å². The summed E-state index contributed by atoms with van der Waals surface area (Å²) in [5.74, 6) is 5.54. The lowest BCUT2D eigenvalue weighted by molar-refractivity contribution is 0.0546. The van der Waals surface area contributed by atoms with Gasteiger partial charge in [-0.05, 0) is 25.6 Å². The SMILES string of the molecule is CCC1CN(C(=O)c2ccc(C#CCO)s2)CCN1C. The molecule has 0 radical (unpaired) electrons. The molecular formula is C15H20N2O2S. The molecule has 1 N–H and O–H groups in total. The molecule has 5 heteroatoms. The molecule has 108 valence electrons. The van der Waals surface area contributed by atoms with Gasteiger partial charge in [-0.3, -0.25) is 9.69 Å². The summed E-state index contributed by atoms with van der Waals surface area (Å²) in [5, 5.41) is 8.68. The van der Waals surface area contributed by atoms with Gasteiger partial charge < -0.3 is 10.0 Å². The number of amides is 1. The third-order valence-electron chi connectivity index (χ3n) is 3.64. The highest BCUT2D eigenvalue weighted by molar-refractivity contribution is 7.14. The second-order valence-corrected chi connectivity index (χ2v) is 6.00. The second-order valence-electron chi connectivity index (χ2n) is 4.92. The van der Waals surface area contributed by atoms with Gasteiger partial charge in [0.1, 0.15) is 6.61 Å². The van der Waals surface area contributed by atoms with Gasteiger partial charge in [0.05, 0.1) is 9.75 Å². The molecule has 0 bridgehead atoms. The summed E-state index contributed by atoms with van der Waals surface area (Å²) in [6.45, 7) is 4.50. The van der Waals surface area contributed by atoms with Crippen molar-refractivity contribution in [3.8, 4) is 11.8 Å². The molecule has 1 atom stereocenters. The van der Waals surface area contributed by atoms with Crippen LogP contribution in [0.1, 0.15) is 27.9 Å². The molecule has 1 aliphatic heterocycles. The first-order chi connectivity index (χ1) is 9.65. The molecule has 0 aliphatic carbocycles. The van der Waals surface area contributed by atoms with E-state index < -0.39 is 0 Å². The molecule has 1 fully saturated rings. The van der Waals surface area contributed by atoms with Crippen LogP contribution in [0.4, 0.5) is 0 Å². The molecule has 4 nitrogen and oxygen atoms in total. The van der Waals surface area contributed by atoms with Gasteiger partial charge in [-0.1, -0.05) is 18.8 Å². The Morgan fingerprint density at radius 3 is 3.00 bits per heavy atom. The van der Waals surface area contributed by atoms with Crippen molar-refractivity contribution in [3.63, 3.8) is 0 Å². The number of piperazine rings is 1. The van der Waals surface area contributed by atoms with E-state index in [2.05, 4.69) is 30.7 Å². The van der Waals surface area contributed by atoms with Crippen LogP contribution in [0.5, 0.6) is 0 Å². The third-order valence-corrected chi connectivity index (χ3v) is 4.63. The van der Waals surface area contributed by atoms with E-state index in [1.165, 1.54) is 11.3 Å². The predicted molar refractivity (Wildman–Crippen MR) is 80.9 cm³/mol. The van der Waals surface area contributed by atoms with Crippen LogP contribution in [-0.4, -0.2) is 60.1 Å². The van der Waals surface area contributed by atoms with E-state index in [-0.39, 0.29) is 12.5 Å². The maximum Gasteiger partial charge on any atom is 0.264 e. The standard InChI is InChI=1S/C15H20N2O2S/c1-3-12-11-17(9-8-16(12)2)15(19)14-7-6-13(20-14)5-4-10-18/h6-7,12,18H,3,8-11H2,1-2H3. The number of hydrogen-bond donors (Lipinski definition) is 1. The van der Waals surface area contributed by atoms with Crippen molar-refractivity contribution < 1.29 is 9.90 Å². The lowest BCUT2D eigenvalue weighted by Crippen LogP contribution is -2.52. The fraction of sp³-hybridized carbons (Fsp3) is 0.533. The summed E-state index contributed by atoms with van der Waals surface area (Å²) < 4.78 is 0. The number of carbonyl (C=O) groups excluding carboxylic acids is 1. The number of nitrogens with zero attached hydrogens (tertiary/aromatic N) is 2. The minimum Gasteiger partial charge on any atom is -0.384 e. The number of likely N-dealkylation sites (N-methyl/N-ethyl adjacent to an activating group) is 1. The summed E-state index contributed by atoms with van der Waals surface area (Å²) in [6.07, 6.45) is 1.05. The van der Waals surface area contributed by atoms with Gasteiger partial charge in [-0.2, -0.15) is 0 Å². The van der Waals surface area contributed by atoms with Crippen molar-refractivity contribution in [3.05, 3.63) is 21.9 Å². The lowest BCUT2D eigenvalue weighted by atomic mass is 10.1. The maximum absolute atomic E-state index is 12.5. The minimum absolute atomic E-state index is 0.0959. The lowest BCUT2D eigenvalue weighted by Gasteiger charge is -2.38. The van der Waals surface area contributed by atoms with Crippen molar-refractivity contribution in [2.45, 2.75) is 19.4 Å². The maximum atomic E-state index is 12.5. The molecule has 1 aliphatic rings. The van der Waals surface area contributed by atoms with Crippen LogP contribution in [0.15, 0.2) is 12.1 Å². The Labute approximate surface area is 124 Å². The first kappa shape index (κ1) is 15.0. The Balaban J connectivity index is 2.05. The molecule has 0 spiro atoms. The summed E-state index contributed by atoms with van der Waals surface area (Å²) in [6, 6.07) is 4.11. The average Bonchev–Trinajstić information content (AvgIpc) is 2.93. The zero-order chi connectivity index (χ0) is 14.5. The van der Waals surface area contributed by atoms with Gasteiger partial charge >= 0.3 is 0 Å². The van der Waals surface area contributed by atoms with Crippen LogP contribution in [0.2, 0.25) is 0 Å². The molecule has 1 saturated heterocycles. The zero-order valence-electron chi connectivity index (χ0n) is 11.9. The van der Waals surface area contributed by atoms with Gasteiger partial charge in [0.15, 0.2) is 0 Å². The van der Waals surface area contributed by atoms with Crippen LogP contribution in [0.25, 0.3) is 0 Å². The van der Waals surface area contributed by atoms with Crippen molar-refractivity contribution in [2.24, 2.45) is 0 Å². The first-order valence-electron chi connectivity index (χ1n) is 6.84. The summed E-state index contributed by atoms with van der Waals surface area (Å²) >= 11 is 1.39. The first-order valence-corrected chi connectivity index (χ1v) is 7.66. The summed E-state index contributed by atoms with van der Waals surface area (Å²) in [5.41, 5.74) is 0. The van der Waals surface area contributed by atoms with E-state index in [0.29, 0.717) is 6.04 Å². The highest BCUT2D eigenvalue weighted by Crippen LogP contribution is 2.20. The van der Waals surface area contributed by atoms with Crippen molar-refractivity contribution >= 4 is 17.2 Å². The smallest absolute Gasteiger partial charge is 0.264 e. The molecule has 1 aromatic heterocycles. The van der Waals surface area contributed by atoms with Crippen molar-refractivity contribution in [2.75, 3.05) is 33.3 Å². The van der Waals surface area contributed by atoms with E-state index >= 15 is 0 Å². The number of aliphatic hydroxyl groups excluding tert-OH is 1. The second kappa shape index (κ2) is 6.89. The molecule has 0 saturated carbocycles. The number of rotatable bonds is 2.